The summed E-state index contributed by atoms with van der Waals surface area (Å²) >= 11 is 0. The summed E-state index contributed by atoms with van der Waals surface area (Å²) in [5, 5.41) is 2.86. The van der Waals surface area contributed by atoms with E-state index in [9.17, 15) is 9.59 Å². The van der Waals surface area contributed by atoms with E-state index < -0.39 is 0 Å². The van der Waals surface area contributed by atoms with Crippen molar-refractivity contribution < 1.29 is 9.59 Å². The Kier molecular flexibility index (Phi) is 5.28. The topological polar surface area (TPSA) is 65.5 Å². The van der Waals surface area contributed by atoms with E-state index in [1.54, 1.807) is 29.3 Å². The van der Waals surface area contributed by atoms with Crippen molar-refractivity contribution in [3.63, 3.8) is 0 Å². The Balaban J connectivity index is 1.40. The summed E-state index contributed by atoms with van der Waals surface area (Å²) < 4.78 is 0. The number of benzene rings is 1. The number of pyridine rings is 1. The van der Waals surface area contributed by atoms with E-state index in [-0.39, 0.29) is 11.9 Å². The van der Waals surface area contributed by atoms with Crippen LogP contribution in [-0.2, 0) is 0 Å². The molecule has 4 rings (SSSR count). The molecular formula is C22H26N4O2. The van der Waals surface area contributed by atoms with Crippen LogP contribution in [0.1, 0.15) is 48.0 Å². The van der Waals surface area contributed by atoms with Crippen LogP contribution in [0.15, 0.2) is 42.6 Å². The first kappa shape index (κ1) is 18.5. The monoisotopic (exact) mass is 378 g/mol. The molecule has 0 spiro atoms. The minimum atomic E-state index is -0.168. The molecule has 0 atom stereocenters. The Morgan fingerprint density at radius 3 is 2.64 bits per heavy atom. The average molecular weight is 378 g/mol. The molecule has 2 aromatic rings. The van der Waals surface area contributed by atoms with Crippen LogP contribution in [0.3, 0.4) is 0 Å². The molecule has 146 valence electrons. The lowest BCUT2D eigenvalue weighted by molar-refractivity contribution is 0.102. The summed E-state index contributed by atoms with van der Waals surface area (Å²) in [6.07, 6.45) is 7.52. The second kappa shape index (κ2) is 8.00. The van der Waals surface area contributed by atoms with Gasteiger partial charge in [0.15, 0.2) is 0 Å². The Labute approximate surface area is 165 Å². The van der Waals surface area contributed by atoms with Gasteiger partial charge in [-0.05, 0) is 44.0 Å². The lowest BCUT2D eigenvalue weighted by atomic mass is 9.94. The minimum Gasteiger partial charge on any atom is -0.321 e. The molecule has 6 nitrogen and oxygen atoms in total. The maximum atomic E-state index is 12.8. The Morgan fingerprint density at radius 1 is 1.11 bits per heavy atom. The van der Waals surface area contributed by atoms with Gasteiger partial charge in [0, 0.05) is 24.7 Å². The fourth-order valence-electron chi connectivity index (χ4n) is 4.11. The van der Waals surface area contributed by atoms with Crippen molar-refractivity contribution in [1.82, 2.24) is 9.88 Å². The van der Waals surface area contributed by atoms with E-state index >= 15 is 0 Å². The molecule has 1 aliphatic heterocycles. The van der Waals surface area contributed by atoms with E-state index in [1.807, 2.05) is 30.0 Å². The molecule has 0 radical (unpaired) electrons. The molecule has 1 N–H and O–H groups in total. The Bertz CT molecular complexity index is 859. The van der Waals surface area contributed by atoms with Gasteiger partial charge in [-0.15, -0.1) is 0 Å². The number of aryl methyl sites for hydroxylation is 1. The third-order valence-corrected chi connectivity index (χ3v) is 5.62. The summed E-state index contributed by atoms with van der Waals surface area (Å²) in [5.41, 5.74) is 2.27. The maximum absolute atomic E-state index is 12.8. The first-order chi connectivity index (χ1) is 13.6. The quantitative estimate of drug-likeness (QED) is 0.866. The first-order valence-electron chi connectivity index (χ1n) is 10.0. The third-order valence-electron chi connectivity index (χ3n) is 5.62. The molecule has 1 aromatic carbocycles. The van der Waals surface area contributed by atoms with Crippen molar-refractivity contribution in [2.45, 2.75) is 45.1 Å². The van der Waals surface area contributed by atoms with Gasteiger partial charge >= 0.3 is 6.03 Å². The molecule has 2 fully saturated rings. The summed E-state index contributed by atoms with van der Waals surface area (Å²) in [7, 11) is 0. The summed E-state index contributed by atoms with van der Waals surface area (Å²) in [5.74, 6) is 0.468. The number of carbonyl (C=O) groups excluding carboxylic acids is 2. The molecule has 0 unspecified atom stereocenters. The summed E-state index contributed by atoms with van der Waals surface area (Å²) in [6, 6.07) is 11.5. The highest BCUT2D eigenvalue weighted by molar-refractivity contribution is 6.04. The van der Waals surface area contributed by atoms with Gasteiger partial charge < -0.3 is 10.2 Å². The van der Waals surface area contributed by atoms with Crippen LogP contribution >= 0.6 is 0 Å². The summed E-state index contributed by atoms with van der Waals surface area (Å²) in [4.78, 5) is 33.4. The number of aromatic nitrogens is 1. The van der Waals surface area contributed by atoms with Crippen molar-refractivity contribution in [2.24, 2.45) is 0 Å². The molecule has 1 saturated carbocycles. The van der Waals surface area contributed by atoms with Crippen molar-refractivity contribution in [3.05, 3.63) is 53.7 Å². The van der Waals surface area contributed by atoms with Gasteiger partial charge in [-0.2, -0.15) is 0 Å². The number of rotatable bonds is 4. The third kappa shape index (κ3) is 3.86. The molecule has 0 bridgehead atoms. The number of urea groups is 1. The highest BCUT2D eigenvalue weighted by Crippen LogP contribution is 2.27. The van der Waals surface area contributed by atoms with Crippen LogP contribution in [0.4, 0.5) is 16.3 Å². The van der Waals surface area contributed by atoms with Crippen LogP contribution < -0.4 is 10.2 Å². The van der Waals surface area contributed by atoms with Gasteiger partial charge in [-0.3, -0.25) is 9.69 Å². The molecule has 6 heteroatoms. The zero-order valence-corrected chi connectivity index (χ0v) is 16.2. The van der Waals surface area contributed by atoms with Gasteiger partial charge in [-0.1, -0.05) is 37.0 Å². The smallest absolute Gasteiger partial charge is 0.321 e. The van der Waals surface area contributed by atoms with Crippen molar-refractivity contribution in [1.29, 1.82) is 0 Å². The number of nitrogens with one attached hydrogen (secondary N) is 1. The van der Waals surface area contributed by atoms with Gasteiger partial charge in [0.25, 0.3) is 5.91 Å². The van der Waals surface area contributed by atoms with Crippen LogP contribution in [0.25, 0.3) is 0 Å². The fraction of sp³-hybridized carbons (Fsp3) is 0.409. The number of hydrogen-bond donors (Lipinski definition) is 1. The second-order valence-corrected chi connectivity index (χ2v) is 7.65. The van der Waals surface area contributed by atoms with Gasteiger partial charge in [-0.25, -0.2) is 9.78 Å². The molecule has 2 heterocycles. The summed E-state index contributed by atoms with van der Waals surface area (Å²) in [6.45, 7) is 3.38. The van der Waals surface area contributed by atoms with Gasteiger partial charge in [0.1, 0.15) is 5.82 Å². The average Bonchev–Trinajstić information content (AvgIpc) is 3.10. The Morgan fingerprint density at radius 2 is 1.93 bits per heavy atom. The fourth-order valence-corrected chi connectivity index (χ4v) is 4.11. The zero-order chi connectivity index (χ0) is 19.5. The van der Waals surface area contributed by atoms with Crippen LogP contribution in [0.5, 0.6) is 0 Å². The van der Waals surface area contributed by atoms with Gasteiger partial charge in [0.2, 0.25) is 0 Å². The first-order valence-corrected chi connectivity index (χ1v) is 10.0. The Hall–Kier alpha value is -2.89. The zero-order valence-electron chi connectivity index (χ0n) is 16.2. The van der Waals surface area contributed by atoms with Crippen LogP contribution in [0.2, 0.25) is 0 Å². The van der Waals surface area contributed by atoms with Crippen molar-refractivity contribution in [3.8, 4) is 0 Å². The van der Waals surface area contributed by atoms with E-state index in [1.165, 1.54) is 19.3 Å². The van der Waals surface area contributed by atoms with Crippen molar-refractivity contribution in [2.75, 3.05) is 23.3 Å². The predicted octanol–water partition coefficient (Wildman–Crippen LogP) is 4.22. The van der Waals surface area contributed by atoms with E-state index in [0.717, 1.165) is 24.9 Å². The molecule has 28 heavy (non-hydrogen) atoms. The van der Waals surface area contributed by atoms with E-state index in [4.69, 9.17) is 0 Å². The number of amides is 3. The van der Waals surface area contributed by atoms with Crippen molar-refractivity contribution >= 4 is 23.4 Å². The molecular weight excluding hydrogens is 352 g/mol. The normalized spacial score (nSPS) is 17.8. The lowest BCUT2D eigenvalue weighted by Gasteiger charge is -2.30. The van der Waals surface area contributed by atoms with E-state index in [2.05, 4.69) is 10.3 Å². The molecule has 3 amide bonds. The van der Waals surface area contributed by atoms with Crippen LogP contribution in [-0.4, -0.2) is 41.0 Å². The molecule has 1 saturated heterocycles. The highest BCUT2D eigenvalue weighted by atomic mass is 16.2. The second-order valence-electron chi connectivity index (χ2n) is 7.65. The molecule has 1 aliphatic carbocycles. The SMILES string of the molecule is Cc1cccc(C(=O)Nc2ccc(N3CCN(C4CCCCC4)C3=O)nc2)c1. The van der Waals surface area contributed by atoms with Gasteiger partial charge in [0.05, 0.1) is 11.9 Å². The van der Waals surface area contributed by atoms with Crippen LogP contribution in [0, 0.1) is 6.92 Å². The number of anilines is 2. The predicted molar refractivity (Wildman–Crippen MR) is 110 cm³/mol. The maximum Gasteiger partial charge on any atom is 0.326 e. The number of hydrogen-bond acceptors (Lipinski definition) is 3. The standard InChI is InChI=1S/C22H26N4O2/c1-16-6-5-7-17(14-16)21(27)24-18-10-11-20(23-15-18)26-13-12-25(22(26)28)19-8-3-2-4-9-19/h5-7,10-11,14-15,19H,2-4,8-9,12-13H2,1H3,(H,24,27). The van der Waals surface area contributed by atoms with E-state index in [0.29, 0.717) is 29.7 Å². The number of carbonyl (C=O) groups is 2. The minimum absolute atomic E-state index is 0.0518. The molecule has 1 aromatic heterocycles. The largest absolute Gasteiger partial charge is 0.326 e. The number of nitrogens with zero attached hydrogens (tertiary/aromatic N) is 3. The highest BCUT2D eigenvalue weighted by Gasteiger charge is 2.35. The lowest BCUT2D eigenvalue weighted by Crippen LogP contribution is -2.40. The molecule has 2 aliphatic rings.